The first-order valence-electron chi connectivity index (χ1n) is 9.61. The molecule has 0 unspecified atom stereocenters. The van der Waals surface area contributed by atoms with Gasteiger partial charge in [0.25, 0.3) is 5.91 Å². The summed E-state index contributed by atoms with van der Waals surface area (Å²) in [5, 5.41) is 3.95. The van der Waals surface area contributed by atoms with Gasteiger partial charge >= 0.3 is 0 Å². The lowest BCUT2D eigenvalue weighted by atomic mass is 9.84. The predicted molar refractivity (Wildman–Crippen MR) is 95.1 cm³/mol. The molecule has 3 aliphatic rings. The summed E-state index contributed by atoms with van der Waals surface area (Å²) in [6.45, 7) is 2.39. The van der Waals surface area contributed by atoms with Crippen molar-refractivity contribution in [1.82, 2.24) is 15.0 Å². The van der Waals surface area contributed by atoms with Crippen LogP contribution in [0.5, 0.6) is 0 Å². The van der Waals surface area contributed by atoms with Gasteiger partial charge in [-0.25, -0.2) is 0 Å². The van der Waals surface area contributed by atoms with E-state index in [9.17, 15) is 4.79 Å². The normalized spacial score (nSPS) is 24.0. The third-order valence-electron chi connectivity index (χ3n) is 5.63. The van der Waals surface area contributed by atoms with E-state index >= 15 is 0 Å². The molecule has 1 spiro atoms. The van der Waals surface area contributed by atoms with Gasteiger partial charge in [-0.2, -0.15) is 0 Å². The highest BCUT2D eigenvalue weighted by Crippen LogP contribution is 2.41. The lowest BCUT2D eigenvalue weighted by Gasteiger charge is -2.52. The number of pyridine rings is 1. The summed E-state index contributed by atoms with van der Waals surface area (Å²) in [5.41, 5.74) is 1.20. The Kier molecular flexibility index (Phi) is 4.21. The van der Waals surface area contributed by atoms with Crippen LogP contribution in [0.15, 0.2) is 35.1 Å². The summed E-state index contributed by atoms with van der Waals surface area (Å²) in [6.07, 6.45) is 7.67. The molecular formula is C20H23N3O4. The smallest absolute Gasteiger partial charge is 0.276 e. The molecule has 0 N–H and O–H groups in total. The van der Waals surface area contributed by atoms with Crippen LogP contribution >= 0.6 is 0 Å². The lowest BCUT2D eigenvalue weighted by molar-refractivity contribution is -0.188. The van der Waals surface area contributed by atoms with Gasteiger partial charge in [0.2, 0.25) is 0 Å². The van der Waals surface area contributed by atoms with Crippen LogP contribution < -0.4 is 0 Å². The molecule has 1 aliphatic carbocycles. The van der Waals surface area contributed by atoms with E-state index in [4.69, 9.17) is 14.0 Å². The molecule has 0 radical (unpaired) electrons. The highest BCUT2D eigenvalue weighted by molar-refractivity contribution is 5.93. The zero-order chi connectivity index (χ0) is 18.3. The molecule has 1 amide bonds. The Morgan fingerprint density at radius 2 is 2.22 bits per heavy atom. The summed E-state index contributed by atoms with van der Waals surface area (Å²) >= 11 is 0. The fraction of sp³-hybridized carbons (Fsp3) is 0.550. The maximum Gasteiger partial charge on any atom is 0.276 e. The van der Waals surface area contributed by atoms with Crippen LogP contribution in [0.1, 0.15) is 53.4 Å². The number of amides is 1. The number of carbonyl (C=O) groups is 1. The lowest BCUT2D eigenvalue weighted by Crippen LogP contribution is -2.67. The van der Waals surface area contributed by atoms with Crippen molar-refractivity contribution in [2.45, 2.75) is 49.9 Å². The molecule has 0 bridgehead atoms. The highest BCUT2D eigenvalue weighted by atomic mass is 16.5. The number of aromatic nitrogens is 2. The molecule has 5 rings (SSSR count). The van der Waals surface area contributed by atoms with Crippen LogP contribution in [-0.4, -0.2) is 52.3 Å². The molecular weight excluding hydrogens is 346 g/mol. The van der Waals surface area contributed by atoms with E-state index < -0.39 is 0 Å². The van der Waals surface area contributed by atoms with Gasteiger partial charge in [0, 0.05) is 37.4 Å². The minimum absolute atomic E-state index is 0.0710. The van der Waals surface area contributed by atoms with Gasteiger partial charge in [0.05, 0.1) is 25.8 Å². The SMILES string of the molecule is O=C(c1cc(C2CC2)on1)N1CC2(C[C@@H](OCc3cccnc3)CCO2)C1. The van der Waals surface area contributed by atoms with E-state index in [1.54, 1.807) is 17.2 Å². The standard InChI is InChI=1S/C20H23N3O4/c24-19(17-8-18(27-22-17)15-3-4-15)23-12-20(13-23)9-16(5-7-26-20)25-11-14-2-1-6-21-10-14/h1-2,6,8,10,15-16H,3-5,7,9,11-13H2/t16-/m0/s1. The fourth-order valence-electron chi connectivity index (χ4n) is 3.95. The summed E-state index contributed by atoms with van der Waals surface area (Å²) in [7, 11) is 0. The first-order chi connectivity index (χ1) is 13.2. The molecule has 7 heteroatoms. The molecule has 0 aromatic carbocycles. The average molecular weight is 369 g/mol. The predicted octanol–water partition coefficient (Wildman–Crippen LogP) is 2.54. The molecule has 2 aliphatic heterocycles. The van der Waals surface area contributed by atoms with E-state index in [1.165, 1.54) is 0 Å². The Balaban J connectivity index is 1.15. The third-order valence-corrected chi connectivity index (χ3v) is 5.63. The molecule has 2 aromatic heterocycles. The molecule has 27 heavy (non-hydrogen) atoms. The molecule has 4 heterocycles. The first kappa shape index (κ1) is 16.9. The van der Waals surface area contributed by atoms with E-state index in [2.05, 4.69) is 10.1 Å². The topological polar surface area (TPSA) is 77.7 Å². The fourth-order valence-corrected chi connectivity index (χ4v) is 3.95. The van der Waals surface area contributed by atoms with Gasteiger partial charge in [-0.1, -0.05) is 11.2 Å². The summed E-state index contributed by atoms with van der Waals surface area (Å²) in [4.78, 5) is 18.5. The third kappa shape index (κ3) is 3.49. The number of ether oxygens (including phenoxy) is 2. The largest absolute Gasteiger partial charge is 0.373 e. The van der Waals surface area contributed by atoms with Gasteiger partial charge in [0.15, 0.2) is 5.69 Å². The zero-order valence-corrected chi connectivity index (χ0v) is 15.2. The number of carbonyl (C=O) groups excluding carboxylic acids is 1. The van der Waals surface area contributed by atoms with Crippen molar-refractivity contribution in [2.75, 3.05) is 19.7 Å². The average Bonchev–Trinajstić information content (AvgIpc) is 3.42. The Morgan fingerprint density at radius 3 is 3.00 bits per heavy atom. The second-order valence-electron chi connectivity index (χ2n) is 7.87. The van der Waals surface area contributed by atoms with Crippen LogP contribution in [0.25, 0.3) is 0 Å². The molecule has 142 valence electrons. The number of nitrogens with zero attached hydrogens (tertiary/aromatic N) is 3. The molecule has 1 atom stereocenters. The Labute approximate surface area is 157 Å². The van der Waals surface area contributed by atoms with E-state index in [1.807, 2.05) is 18.3 Å². The Bertz CT molecular complexity index is 812. The second-order valence-corrected chi connectivity index (χ2v) is 7.87. The van der Waals surface area contributed by atoms with Gasteiger partial charge in [-0.05, 0) is 30.9 Å². The molecule has 2 aromatic rings. The molecule has 2 saturated heterocycles. The van der Waals surface area contributed by atoms with Gasteiger partial charge in [0.1, 0.15) is 11.4 Å². The minimum Gasteiger partial charge on any atom is -0.373 e. The van der Waals surface area contributed by atoms with Crippen molar-refractivity contribution in [3.63, 3.8) is 0 Å². The van der Waals surface area contributed by atoms with Crippen molar-refractivity contribution in [2.24, 2.45) is 0 Å². The van der Waals surface area contributed by atoms with Crippen LogP contribution in [0, 0.1) is 0 Å². The number of hydrogen-bond donors (Lipinski definition) is 0. The van der Waals surface area contributed by atoms with Crippen molar-refractivity contribution < 1.29 is 18.8 Å². The number of hydrogen-bond acceptors (Lipinski definition) is 6. The maximum absolute atomic E-state index is 12.6. The van der Waals surface area contributed by atoms with Gasteiger partial charge in [-0.15, -0.1) is 0 Å². The van der Waals surface area contributed by atoms with Gasteiger partial charge in [-0.3, -0.25) is 9.78 Å². The van der Waals surface area contributed by atoms with Crippen LogP contribution in [0.2, 0.25) is 0 Å². The van der Waals surface area contributed by atoms with Crippen LogP contribution in [0.3, 0.4) is 0 Å². The highest BCUT2D eigenvalue weighted by Gasteiger charge is 2.50. The van der Waals surface area contributed by atoms with Crippen molar-refractivity contribution in [1.29, 1.82) is 0 Å². The van der Waals surface area contributed by atoms with E-state index in [0.29, 0.717) is 37.9 Å². The van der Waals surface area contributed by atoms with E-state index in [0.717, 1.165) is 37.0 Å². The quantitative estimate of drug-likeness (QED) is 0.806. The minimum atomic E-state index is -0.281. The summed E-state index contributed by atoms with van der Waals surface area (Å²) < 4.78 is 17.4. The Hall–Kier alpha value is -2.25. The van der Waals surface area contributed by atoms with Crippen molar-refractivity contribution >= 4 is 5.91 Å². The molecule has 7 nitrogen and oxygen atoms in total. The van der Waals surface area contributed by atoms with Gasteiger partial charge < -0.3 is 18.9 Å². The summed E-state index contributed by atoms with van der Waals surface area (Å²) in [5.74, 6) is 1.23. The number of likely N-dealkylation sites (tertiary alicyclic amines) is 1. The molecule has 1 saturated carbocycles. The maximum atomic E-state index is 12.6. The molecule has 3 fully saturated rings. The summed E-state index contributed by atoms with van der Waals surface area (Å²) in [6, 6.07) is 5.73. The second kappa shape index (κ2) is 6.73. The Morgan fingerprint density at radius 1 is 1.33 bits per heavy atom. The van der Waals surface area contributed by atoms with Crippen molar-refractivity contribution in [3.05, 3.63) is 47.6 Å². The van der Waals surface area contributed by atoms with E-state index in [-0.39, 0.29) is 17.6 Å². The van der Waals surface area contributed by atoms with Crippen LogP contribution in [0.4, 0.5) is 0 Å². The van der Waals surface area contributed by atoms with Crippen LogP contribution in [-0.2, 0) is 16.1 Å². The van der Waals surface area contributed by atoms with Crippen molar-refractivity contribution in [3.8, 4) is 0 Å². The number of rotatable bonds is 5. The first-order valence-corrected chi connectivity index (χ1v) is 9.61. The zero-order valence-electron chi connectivity index (χ0n) is 15.2. The monoisotopic (exact) mass is 369 g/mol.